The van der Waals surface area contributed by atoms with E-state index in [4.69, 9.17) is 21.1 Å². The second-order valence-corrected chi connectivity index (χ2v) is 4.62. The zero-order valence-corrected chi connectivity index (χ0v) is 12.1. The maximum absolute atomic E-state index is 11.0. The number of nitro groups is 1. The molecule has 0 aromatic heterocycles. The molecule has 0 saturated heterocycles. The van der Waals surface area contributed by atoms with Gasteiger partial charge in [-0.3, -0.25) is 10.1 Å². The van der Waals surface area contributed by atoms with E-state index in [1.165, 1.54) is 26.4 Å². The third-order valence-corrected chi connectivity index (χ3v) is 3.30. The zero-order valence-electron chi connectivity index (χ0n) is 11.3. The fourth-order valence-corrected chi connectivity index (χ4v) is 2.15. The minimum absolute atomic E-state index is 0.118. The second kappa shape index (κ2) is 7.69. The average Bonchev–Trinajstić information content (AvgIpc) is 2.45. The number of ether oxygens (including phenoxy) is 2. The summed E-state index contributed by atoms with van der Waals surface area (Å²) in [4.78, 5) is 20.8. The number of hydrogen-bond acceptors (Lipinski definition) is 5. The van der Waals surface area contributed by atoms with Crippen LogP contribution in [0.1, 0.15) is 30.2 Å². The molecule has 0 fully saturated rings. The van der Waals surface area contributed by atoms with Crippen LogP contribution in [0.25, 0.3) is 0 Å². The first-order valence-corrected chi connectivity index (χ1v) is 6.46. The number of halogens is 1. The Bertz CT molecular complexity index is 492. The van der Waals surface area contributed by atoms with Crippen LogP contribution < -0.4 is 9.47 Å². The van der Waals surface area contributed by atoms with Crippen molar-refractivity contribution in [3.63, 3.8) is 0 Å². The highest BCUT2D eigenvalue weighted by Crippen LogP contribution is 2.40. The minimum atomic E-state index is -0.531. The van der Waals surface area contributed by atoms with Gasteiger partial charge in [0, 0.05) is 24.1 Å². The molecular weight excluding hydrogens is 286 g/mol. The van der Waals surface area contributed by atoms with Crippen molar-refractivity contribution in [1.29, 1.82) is 0 Å². The Labute approximate surface area is 121 Å². The normalized spacial score (nSPS) is 11.8. The summed E-state index contributed by atoms with van der Waals surface area (Å²) in [6.45, 7) is 0. The molecular formula is C13H16ClNO5. The largest absolute Gasteiger partial charge is 0.496 e. The van der Waals surface area contributed by atoms with Gasteiger partial charge in [0.25, 0.3) is 0 Å². The van der Waals surface area contributed by atoms with Gasteiger partial charge in [0.2, 0.25) is 5.75 Å². The molecule has 0 bridgehead atoms. The second-order valence-electron chi connectivity index (χ2n) is 4.09. The van der Waals surface area contributed by atoms with Gasteiger partial charge < -0.3 is 14.3 Å². The molecule has 0 aliphatic heterocycles. The van der Waals surface area contributed by atoms with E-state index >= 15 is 0 Å². The van der Waals surface area contributed by atoms with Gasteiger partial charge in [0.1, 0.15) is 12.0 Å². The number of aldehydes is 1. The summed E-state index contributed by atoms with van der Waals surface area (Å²) < 4.78 is 10.2. The van der Waals surface area contributed by atoms with Gasteiger partial charge >= 0.3 is 5.69 Å². The maximum Gasteiger partial charge on any atom is 0.311 e. The third-order valence-electron chi connectivity index (χ3n) is 2.84. The van der Waals surface area contributed by atoms with Crippen molar-refractivity contribution in [3.8, 4) is 11.5 Å². The van der Waals surface area contributed by atoms with E-state index in [1.807, 2.05) is 0 Å². The number of benzene rings is 1. The Balaban J connectivity index is 3.12. The molecule has 1 rings (SSSR count). The predicted molar refractivity (Wildman–Crippen MR) is 74.7 cm³/mol. The lowest BCUT2D eigenvalue weighted by Gasteiger charge is -2.15. The van der Waals surface area contributed by atoms with Crippen molar-refractivity contribution in [2.45, 2.75) is 24.6 Å². The van der Waals surface area contributed by atoms with Gasteiger partial charge in [-0.2, -0.15) is 0 Å². The number of rotatable bonds is 8. The van der Waals surface area contributed by atoms with Crippen LogP contribution in [0.4, 0.5) is 5.69 Å². The SMILES string of the molecule is COc1cc(OC)c([N+](=O)[O-])cc1C(Cl)CCCC=O. The Morgan fingerprint density at radius 2 is 2.00 bits per heavy atom. The number of carbonyl (C=O) groups is 1. The molecule has 0 N–H and O–H groups in total. The summed E-state index contributed by atoms with van der Waals surface area (Å²) in [5.74, 6) is 0.547. The van der Waals surface area contributed by atoms with Gasteiger partial charge in [0.05, 0.1) is 24.5 Å². The van der Waals surface area contributed by atoms with Crippen LogP contribution in [0.2, 0.25) is 0 Å². The first-order chi connectivity index (χ1) is 9.54. The molecule has 0 radical (unpaired) electrons. The molecule has 20 heavy (non-hydrogen) atoms. The standard InChI is InChI=1S/C13H16ClNO5/c1-19-12-8-13(20-2)11(15(17)18)7-9(12)10(14)5-3-4-6-16/h6-8,10H,3-5H2,1-2H3. The summed E-state index contributed by atoms with van der Waals surface area (Å²) in [6, 6.07) is 2.80. The quantitative estimate of drug-likeness (QED) is 0.242. The van der Waals surface area contributed by atoms with Gasteiger partial charge in [-0.25, -0.2) is 0 Å². The summed E-state index contributed by atoms with van der Waals surface area (Å²) in [5, 5.41) is 10.5. The van der Waals surface area contributed by atoms with Crippen molar-refractivity contribution in [2.75, 3.05) is 14.2 Å². The predicted octanol–water partition coefficient (Wildman–Crippen LogP) is 3.26. The van der Waals surface area contributed by atoms with E-state index in [-0.39, 0.29) is 11.4 Å². The molecule has 110 valence electrons. The van der Waals surface area contributed by atoms with Gasteiger partial charge in [-0.15, -0.1) is 11.6 Å². The smallest absolute Gasteiger partial charge is 0.311 e. The summed E-state index contributed by atoms with van der Waals surface area (Å²) in [6.07, 6.45) is 2.36. The Morgan fingerprint density at radius 3 is 2.50 bits per heavy atom. The lowest BCUT2D eigenvalue weighted by Crippen LogP contribution is -2.01. The summed E-state index contributed by atoms with van der Waals surface area (Å²) >= 11 is 6.24. The molecule has 0 saturated carbocycles. The number of alkyl halides is 1. The van der Waals surface area contributed by atoms with E-state index in [2.05, 4.69) is 0 Å². The first-order valence-electron chi connectivity index (χ1n) is 6.03. The molecule has 1 unspecified atom stereocenters. The highest BCUT2D eigenvalue weighted by molar-refractivity contribution is 6.21. The molecule has 0 heterocycles. The van der Waals surface area contributed by atoms with Crippen LogP contribution in [-0.4, -0.2) is 25.4 Å². The van der Waals surface area contributed by atoms with Crippen molar-refractivity contribution in [3.05, 3.63) is 27.8 Å². The maximum atomic E-state index is 11.0. The monoisotopic (exact) mass is 301 g/mol. The van der Waals surface area contributed by atoms with Crippen LogP contribution in [0.15, 0.2) is 12.1 Å². The van der Waals surface area contributed by atoms with Crippen LogP contribution in [0, 0.1) is 10.1 Å². The number of nitro benzene ring substituents is 1. The summed E-state index contributed by atoms with van der Waals surface area (Å²) in [5.41, 5.74) is 0.358. The van der Waals surface area contributed by atoms with Crippen molar-refractivity contribution < 1.29 is 19.2 Å². The zero-order chi connectivity index (χ0) is 15.1. The topological polar surface area (TPSA) is 78.7 Å². The molecule has 0 spiro atoms. The summed E-state index contributed by atoms with van der Waals surface area (Å²) in [7, 11) is 2.81. The minimum Gasteiger partial charge on any atom is -0.496 e. The third kappa shape index (κ3) is 3.84. The highest BCUT2D eigenvalue weighted by Gasteiger charge is 2.23. The number of unbranched alkanes of at least 4 members (excludes halogenated alkanes) is 1. The lowest BCUT2D eigenvalue weighted by molar-refractivity contribution is -0.385. The van der Waals surface area contributed by atoms with Crippen LogP contribution in [0.3, 0.4) is 0 Å². The van der Waals surface area contributed by atoms with E-state index in [0.717, 1.165) is 6.29 Å². The molecule has 0 aliphatic carbocycles. The molecule has 6 nitrogen and oxygen atoms in total. The van der Waals surface area contributed by atoms with Gasteiger partial charge in [-0.1, -0.05) is 0 Å². The number of hydrogen-bond donors (Lipinski definition) is 0. The average molecular weight is 302 g/mol. The highest BCUT2D eigenvalue weighted by atomic mass is 35.5. The molecule has 1 atom stereocenters. The number of methoxy groups -OCH3 is 2. The van der Waals surface area contributed by atoms with Crippen LogP contribution in [0.5, 0.6) is 11.5 Å². The van der Waals surface area contributed by atoms with Crippen molar-refractivity contribution in [1.82, 2.24) is 0 Å². The van der Waals surface area contributed by atoms with Crippen LogP contribution in [-0.2, 0) is 4.79 Å². The molecule has 0 aliphatic rings. The van der Waals surface area contributed by atoms with E-state index in [1.54, 1.807) is 0 Å². The number of carbonyl (C=O) groups excluding carboxylic acids is 1. The molecule has 7 heteroatoms. The van der Waals surface area contributed by atoms with Gasteiger partial charge in [0.15, 0.2) is 0 Å². The molecule has 1 aromatic carbocycles. The lowest BCUT2D eigenvalue weighted by atomic mass is 10.0. The van der Waals surface area contributed by atoms with Crippen LogP contribution >= 0.6 is 11.6 Å². The fraction of sp³-hybridized carbons (Fsp3) is 0.462. The van der Waals surface area contributed by atoms with E-state index in [9.17, 15) is 14.9 Å². The fourth-order valence-electron chi connectivity index (χ4n) is 1.83. The Morgan fingerprint density at radius 1 is 1.35 bits per heavy atom. The Kier molecular flexibility index (Phi) is 6.24. The Hall–Kier alpha value is -1.82. The van der Waals surface area contributed by atoms with Gasteiger partial charge in [-0.05, 0) is 12.8 Å². The molecule has 0 amide bonds. The van der Waals surface area contributed by atoms with Crippen molar-refractivity contribution >= 4 is 23.6 Å². The van der Waals surface area contributed by atoms with Crippen molar-refractivity contribution in [2.24, 2.45) is 0 Å². The number of nitrogens with zero attached hydrogens (tertiary/aromatic N) is 1. The van der Waals surface area contributed by atoms with E-state index in [0.29, 0.717) is 30.6 Å². The first kappa shape index (κ1) is 16.2. The molecule has 1 aromatic rings. The van der Waals surface area contributed by atoms with E-state index < -0.39 is 10.3 Å².